The summed E-state index contributed by atoms with van der Waals surface area (Å²) in [6.07, 6.45) is 4.69. The molecule has 0 fully saturated rings. The van der Waals surface area contributed by atoms with Crippen molar-refractivity contribution in [2.75, 3.05) is 6.61 Å². The fraction of sp³-hybridized carbons (Fsp3) is 0.824. The Morgan fingerprint density at radius 2 is 2.05 bits per heavy atom. The molecule has 0 aromatic heterocycles. The normalized spacial score (nSPS) is 23.5. The zero-order chi connectivity index (χ0) is 16.3. The highest BCUT2D eigenvalue weighted by Gasteiger charge is 2.43. The molecule has 0 aliphatic carbocycles. The minimum Gasteiger partial charge on any atom is -0.414 e. The van der Waals surface area contributed by atoms with Crippen LogP contribution in [0.1, 0.15) is 47.5 Å². The van der Waals surface area contributed by atoms with Gasteiger partial charge < -0.3 is 9.16 Å². The van der Waals surface area contributed by atoms with Crippen LogP contribution in [0.25, 0.3) is 0 Å². The summed E-state index contributed by atoms with van der Waals surface area (Å²) in [6.45, 7) is 16.3. The summed E-state index contributed by atoms with van der Waals surface area (Å²) in [6, 6.07) is 0. The topological polar surface area (TPSA) is 35.5 Å². The average molecular weight is 313 g/mol. The van der Waals surface area contributed by atoms with E-state index < -0.39 is 8.32 Å². The Labute approximate surface area is 131 Å². The van der Waals surface area contributed by atoms with Crippen molar-refractivity contribution in [3.8, 4) is 0 Å². The SMILES string of the molecule is CCC[C@H]1O[C@H](CO[Si](C)(C)C(C)(C)C(C)C)C=C1C=O. The Kier molecular flexibility index (Phi) is 6.38. The quantitative estimate of drug-likeness (QED) is 0.494. The smallest absolute Gasteiger partial charge is 0.192 e. The fourth-order valence-corrected chi connectivity index (χ4v) is 4.87. The van der Waals surface area contributed by atoms with E-state index in [0.717, 1.165) is 24.7 Å². The summed E-state index contributed by atoms with van der Waals surface area (Å²) >= 11 is 0. The third-order valence-corrected chi connectivity index (χ3v) is 9.95. The van der Waals surface area contributed by atoms with Crippen LogP contribution >= 0.6 is 0 Å². The van der Waals surface area contributed by atoms with Gasteiger partial charge in [-0.25, -0.2) is 0 Å². The lowest BCUT2D eigenvalue weighted by Gasteiger charge is -2.42. The van der Waals surface area contributed by atoms with Crippen LogP contribution in [0.4, 0.5) is 0 Å². The maximum Gasteiger partial charge on any atom is 0.192 e. The molecule has 0 aromatic rings. The van der Waals surface area contributed by atoms with Crippen LogP contribution in [0.15, 0.2) is 11.6 Å². The van der Waals surface area contributed by atoms with Crippen LogP contribution < -0.4 is 0 Å². The Hall–Kier alpha value is -0.453. The Morgan fingerprint density at radius 3 is 2.52 bits per heavy atom. The molecule has 3 nitrogen and oxygen atoms in total. The van der Waals surface area contributed by atoms with E-state index in [0.29, 0.717) is 12.5 Å². The van der Waals surface area contributed by atoms with Crippen molar-refractivity contribution >= 4 is 14.6 Å². The van der Waals surface area contributed by atoms with E-state index in [2.05, 4.69) is 47.7 Å². The lowest BCUT2D eigenvalue weighted by Crippen LogP contribution is -2.46. The van der Waals surface area contributed by atoms with Gasteiger partial charge in [0.25, 0.3) is 0 Å². The van der Waals surface area contributed by atoms with Crippen molar-refractivity contribution in [2.45, 2.75) is 77.8 Å². The molecule has 122 valence electrons. The minimum absolute atomic E-state index is 0.0380. The highest BCUT2D eigenvalue weighted by atomic mass is 28.4. The van der Waals surface area contributed by atoms with Gasteiger partial charge in [-0.05, 0) is 36.5 Å². The van der Waals surface area contributed by atoms with Crippen molar-refractivity contribution in [1.82, 2.24) is 0 Å². The fourth-order valence-electron chi connectivity index (χ4n) is 2.52. The van der Waals surface area contributed by atoms with Crippen LogP contribution in [0, 0.1) is 5.92 Å². The molecule has 0 unspecified atom stereocenters. The van der Waals surface area contributed by atoms with Gasteiger partial charge in [0.05, 0.1) is 18.8 Å². The van der Waals surface area contributed by atoms with Gasteiger partial charge in [-0.2, -0.15) is 0 Å². The van der Waals surface area contributed by atoms with Crippen LogP contribution in [-0.2, 0) is 14.0 Å². The zero-order valence-electron chi connectivity index (χ0n) is 14.7. The molecule has 0 N–H and O–H groups in total. The first kappa shape index (κ1) is 18.6. The average Bonchev–Trinajstić information content (AvgIpc) is 2.79. The van der Waals surface area contributed by atoms with Crippen molar-refractivity contribution in [1.29, 1.82) is 0 Å². The number of carbonyl (C=O) groups is 1. The molecule has 0 radical (unpaired) electrons. The van der Waals surface area contributed by atoms with E-state index in [9.17, 15) is 4.79 Å². The molecule has 2 atom stereocenters. The van der Waals surface area contributed by atoms with E-state index in [1.54, 1.807) is 0 Å². The Bertz CT molecular complexity index is 385. The Balaban J connectivity index is 2.64. The van der Waals surface area contributed by atoms with Gasteiger partial charge in [0, 0.05) is 5.57 Å². The molecule has 1 heterocycles. The number of carbonyl (C=O) groups excluding carboxylic acids is 1. The lowest BCUT2D eigenvalue weighted by molar-refractivity contribution is -0.105. The Morgan fingerprint density at radius 1 is 1.43 bits per heavy atom. The van der Waals surface area contributed by atoms with Crippen LogP contribution in [0.3, 0.4) is 0 Å². The number of ether oxygens (including phenoxy) is 1. The van der Waals surface area contributed by atoms with Crippen molar-refractivity contribution in [3.05, 3.63) is 11.6 Å². The molecule has 0 spiro atoms. The molecule has 0 amide bonds. The monoisotopic (exact) mass is 312 g/mol. The van der Waals surface area contributed by atoms with Gasteiger partial charge in [0.2, 0.25) is 0 Å². The van der Waals surface area contributed by atoms with Gasteiger partial charge in [-0.15, -0.1) is 0 Å². The highest BCUT2D eigenvalue weighted by molar-refractivity contribution is 6.74. The van der Waals surface area contributed by atoms with Gasteiger partial charge in [-0.1, -0.05) is 41.0 Å². The van der Waals surface area contributed by atoms with Crippen molar-refractivity contribution < 1.29 is 14.0 Å². The maximum absolute atomic E-state index is 11.1. The number of rotatable bonds is 8. The summed E-state index contributed by atoms with van der Waals surface area (Å²) < 4.78 is 12.3. The summed E-state index contributed by atoms with van der Waals surface area (Å²) in [4.78, 5) is 11.1. The number of aldehydes is 1. The number of hydrogen-bond acceptors (Lipinski definition) is 3. The first-order valence-electron chi connectivity index (χ1n) is 8.12. The molecule has 1 rings (SSSR count). The molecule has 0 bridgehead atoms. The summed E-state index contributed by atoms with van der Waals surface area (Å²) in [5, 5.41) is 0.200. The van der Waals surface area contributed by atoms with E-state index in [1.807, 2.05) is 6.08 Å². The maximum atomic E-state index is 11.1. The molecule has 0 saturated heterocycles. The second kappa shape index (κ2) is 7.21. The van der Waals surface area contributed by atoms with E-state index in [1.165, 1.54) is 0 Å². The largest absolute Gasteiger partial charge is 0.414 e. The van der Waals surface area contributed by atoms with Crippen LogP contribution in [0.5, 0.6) is 0 Å². The predicted octanol–water partition coefficient (Wildman–Crippen LogP) is 4.34. The second-order valence-corrected chi connectivity index (χ2v) is 12.0. The van der Waals surface area contributed by atoms with E-state index in [-0.39, 0.29) is 17.2 Å². The van der Waals surface area contributed by atoms with Gasteiger partial charge in [0.15, 0.2) is 8.32 Å². The minimum atomic E-state index is -1.83. The predicted molar refractivity (Wildman–Crippen MR) is 90.0 cm³/mol. The summed E-state index contributed by atoms with van der Waals surface area (Å²) in [5.41, 5.74) is 0.785. The molecule has 21 heavy (non-hydrogen) atoms. The van der Waals surface area contributed by atoms with Crippen molar-refractivity contribution in [3.63, 3.8) is 0 Å². The van der Waals surface area contributed by atoms with Crippen LogP contribution in [0.2, 0.25) is 18.1 Å². The lowest BCUT2D eigenvalue weighted by atomic mass is 9.99. The highest BCUT2D eigenvalue weighted by Crippen LogP contribution is 2.44. The first-order chi connectivity index (χ1) is 9.65. The molecular weight excluding hydrogens is 280 g/mol. The standard InChI is InChI=1S/C17H32O3Si/c1-8-9-16-14(11-18)10-15(20-16)12-19-21(6,7)17(4,5)13(2)3/h10-11,13,15-16H,8-9,12H2,1-7H3/t15-,16+/m0/s1. The molecular formula is C17H32O3Si. The van der Waals surface area contributed by atoms with Crippen LogP contribution in [-0.4, -0.2) is 33.4 Å². The molecule has 0 aromatic carbocycles. The second-order valence-electron chi connectivity index (χ2n) is 7.43. The third-order valence-electron chi connectivity index (χ3n) is 5.38. The molecule has 1 aliphatic heterocycles. The summed E-state index contributed by atoms with van der Waals surface area (Å²) in [5.74, 6) is 0.581. The third kappa shape index (κ3) is 4.27. The summed E-state index contributed by atoms with van der Waals surface area (Å²) in [7, 11) is -1.83. The molecule has 1 aliphatic rings. The molecule has 4 heteroatoms. The first-order valence-corrected chi connectivity index (χ1v) is 11.0. The molecule has 0 saturated carbocycles. The van der Waals surface area contributed by atoms with E-state index in [4.69, 9.17) is 9.16 Å². The van der Waals surface area contributed by atoms with E-state index >= 15 is 0 Å². The number of hydrogen-bond donors (Lipinski definition) is 0. The van der Waals surface area contributed by atoms with Gasteiger partial charge in [-0.3, -0.25) is 4.79 Å². The zero-order valence-corrected chi connectivity index (χ0v) is 15.7. The van der Waals surface area contributed by atoms with Gasteiger partial charge >= 0.3 is 0 Å². The van der Waals surface area contributed by atoms with Gasteiger partial charge in [0.1, 0.15) is 6.29 Å². The van der Waals surface area contributed by atoms with Crippen molar-refractivity contribution in [2.24, 2.45) is 5.92 Å².